The van der Waals surface area contributed by atoms with Crippen LogP contribution >= 0.6 is 0 Å². The monoisotopic (exact) mass is 340 g/mol. The van der Waals surface area contributed by atoms with Crippen LogP contribution in [0.1, 0.15) is 21.5 Å². The predicted octanol–water partition coefficient (Wildman–Crippen LogP) is 2.47. The first-order valence-electron chi connectivity index (χ1n) is 8.06. The van der Waals surface area contributed by atoms with Crippen molar-refractivity contribution in [2.75, 3.05) is 25.5 Å². The maximum absolute atomic E-state index is 12.1. The van der Waals surface area contributed by atoms with Gasteiger partial charge in [0.2, 0.25) is 0 Å². The lowest BCUT2D eigenvalue weighted by Crippen LogP contribution is -2.28. The molecule has 0 aromatic heterocycles. The van der Waals surface area contributed by atoms with E-state index in [9.17, 15) is 4.79 Å². The molecule has 2 aromatic carbocycles. The number of hydrogen-bond donors (Lipinski definition) is 3. The van der Waals surface area contributed by atoms with E-state index in [0.29, 0.717) is 30.4 Å². The second kappa shape index (κ2) is 8.73. The summed E-state index contributed by atoms with van der Waals surface area (Å²) in [7, 11) is 1.57. The summed E-state index contributed by atoms with van der Waals surface area (Å²) < 4.78 is 5.11. The topological polar surface area (TPSA) is 88.7 Å². The highest BCUT2D eigenvalue weighted by Gasteiger charge is 2.05. The Bertz CT molecular complexity index is 772. The van der Waals surface area contributed by atoms with Gasteiger partial charge in [0.15, 0.2) is 5.96 Å². The molecule has 0 saturated carbocycles. The number of carbonyl (C=O) groups is 1. The van der Waals surface area contributed by atoms with Crippen molar-refractivity contribution in [3.8, 4) is 5.75 Å². The summed E-state index contributed by atoms with van der Waals surface area (Å²) in [6.07, 6.45) is 0. The molecule has 0 unspecified atom stereocenters. The number of nitrogens with two attached hydrogens (primary N) is 1. The molecule has 6 heteroatoms. The molecule has 0 saturated heterocycles. The third-order valence-corrected chi connectivity index (χ3v) is 3.79. The highest BCUT2D eigenvalue weighted by Crippen LogP contribution is 2.14. The van der Waals surface area contributed by atoms with Crippen LogP contribution in [0.2, 0.25) is 0 Å². The summed E-state index contributed by atoms with van der Waals surface area (Å²) in [5.41, 5.74) is 9.72. The fourth-order valence-electron chi connectivity index (χ4n) is 2.22. The second-order valence-electron chi connectivity index (χ2n) is 5.68. The van der Waals surface area contributed by atoms with Crippen LogP contribution in [0.4, 0.5) is 5.69 Å². The Kier molecular flexibility index (Phi) is 6.39. The summed E-state index contributed by atoms with van der Waals surface area (Å²) in [6, 6.07) is 13.0. The number of rotatable bonds is 6. The van der Waals surface area contributed by atoms with Crippen LogP contribution in [0.25, 0.3) is 0 Å². The van der Waals surface area contributed by atoms with Crippen molar-refractivity contribution in [2.24, 2.45) is 10.7 Å². The van der Waals surface area contributed by atoms with E-state index >= 15 is 0 Å². The van der Waals surface area contributed by atoms with Gasteiger partial charge in [0.05, 0.1) is 13.7 Å². The van der Waals surface area contributed by atoms with Crippen LogP contribution < -0.4 is 21.1 Å². The van der Waals surface area contributed by atoms with E-state index in [4.69, 9.17) is 10.5 Å². The van der Waals surface area contributed by atoms with E-state index in [2.05, 4.69) is 22.5 Å². The van der Waals surface area contributed by atoms with Gasteiger partial charge >= 0.3 is 0 Å². The van der Waals surface area contributed by atoms with Gasteiger partial charge in [0.25, 0.3) is 5.91 Å². The minimum atomic E-state index is -0.171. The fourth-order valence-corrected chi connectivity index (χ4v) is 2.22. The van der Waals surface area contributed by atoms with Crippen LogP contribution in [-0.2, 0) is 0 Å². The molecule has 0 fully saturated rings. The van der Waals surface area contributed by atoms with Gasteiger partial charge in [0.1, 0.15) is 5.75 Å². The number of nitrogens with zero attached hydrogens (tertiary/aromatic N) is 1. The zero-order valence-electron chi connectivity index (χ0n) is 14.8. The van der Waals surface area contributed by atoms with E-state index in [1.54, 1.807) is 31.4 Å². The van der Waals surface area contributed by atoms with Gasteiger partial charge in [-0.1, -0.05) is 12.1 Å². The molecular formula is C19H24N4O2. The number of carbonyl (C=O) groups excluding carboxylic acids is 1. The zero-order valence-corrected chi connectivity index (χ0v) is 14.8. The molecule has 1 amide bonds. The van der Waals surface area contributed by atoms with E-state index in [1.165, 1.54) is 11.1 Å². The Balaban J connectivity index is 1.81. The van der Waals surface area contributed by atoms with Gasteiger partial charge in [-0.25, -0.2) is 0 Å². The summed E-state index contributed by atoms with van der Waals surface area (Å²) in [4.78, 5) is 16.3. The predicted molar refractivity (Wildman–Crippen MR) is 101 cm³/mol. The molecule has 0 aliphatic carbocycles. The normalized spacial score (nSPS) is 11.1. The van der Waals surface area contributed by atoms with Crippen LogP contribution in [0.15, 0.2) is 47.5 Å². The van der Waals surface area contributed by atoms with Crippen LogP contribution in [0.5, 0.6) is 5.75 Å². The van der Waals surface area contributed by atoms with Crippen LogP contribution in [0.3, 0.4) is 0 Å². The zero-order chi connectivity index (χ0) is 18.2. The van der Waals surface area contributed by atoms with Crippen molar-refractivity contribution in [3.63, 3.8) is 0 Å². The molecule has 0 bridgehead atoms. The van der Waals surface area contributed by atoms with Crippen LogP contribution in [0, 0.1) is 13.8 Å². The van der Waals surface area contributed by atoms with E-state index < -0.39 is 0 Å². The van der Waals surface area contributed by atoms with Gasteiger partial charge in [-0.3, -0.25) is 9.79 Å². The molecule has 0 aliphatic heterocycles. The molecule has 0 radical (unpaired) electrons. The first-order chi connectivity index (χ1) is 12.0. The average molecular weight is 340 g/mol. The number of hydrogen-bond acceptors (Lipinski definition) is 3. The number of ether oxygens (including phenoxy) is 1. The van der Waals surface area contributed by atoms with Gasteiger partial charge in [-0.2, -0.15) is 0 Å². The maximum atomic E-state index is 12.1. The number of aryl methyl sites for hydroxylation is 2. The van der Waals surface area contributed by atoms with E-state index in [1.807, 2.05) is 25.1 Å². The number of nitrogens with one attached hydrogen (secondary N) is 2. The second-order valence-corrected chi connectivity index (χ2v) is 5.68. The molecule has 0 aliphatic rings. The van der Waals surface area contributed by atoms with Gasteiger partial charge in [-0.05, 0) is 55.3 Å². The Morgan fingerprint density at radius 1 is 1.16 bits per heavy atom. The lowest BCUT2D eigenvalue weighted by molar-refractivity contribution is 0.0954. The molecule has 6 nitrogen and oxygen atoms in total. The molecule has 2 rings (SSSR count). The maximum Gasteiger partial charge on any atom is 0.251 e. The lowest BCUT2D eigenvalue weighted by Gasteiger charge is -2.08. The number of guanidine groups is 1. The van der Waals surface area contributed by atoms with Gasteiger partial charge in [-0.15, -0.1) is 0 Å². The van der Waals surface area contributed by atoms with Crippen molar-refractivity contribution >= 4 is 17.6 Å². The minimum absolute atomic E-state index is 0.171. The van der Waals surface area contributed by atoms with Crippen molar-refractivity contribution in [3.05, 3.63) is 59.2 Å². The van der Waals surface area contributed by atoms with Gasteiger partial charge in [0, 0.05) is 17.8 Å². The molecule has 0 atom stereocenters. The molecule has 25 heavy (non-hydrogen) atoms. The summed E-state index contributed by atoms with van der Waals surface area (Å²) in [5.74, 6) is 0.793. The summed E-state index contributed by atoms with van der Waals surface area (Å²) >= 11 is 0. The SMILES string of the molecule is COc1cccc(C(=O)NCCN=C(N)Nc2ccc(C)c(C)c2)c1. The molecule has 2 aromatic rings. The largest absolute Gasteiger partial charge is 0.497 e. The third kappa shape index (κ3) is 5.53. The quantitative estimate of drug-likeness (QED) is 0.428. The summed E-state index contributed by atoms with van der Waals surface area (Å²) in [6.45, 7) is 4.88. The lowest BCUT2D eigenvalue weighted by atomic mass is 10.1. The van der Waals surface area contributed by atoms with Crippen LogP contribution in [-0.4, -0.2) is 32.1 Å². The first-order valence-corrected chi connectivity index (χ1v) is 8.06. The molecule has 4 N–H and O–H groups in total. The van der Waals surface area contributed by atoms with Crippen molar-refractivity contribution < 1.29 is 9.53 Å². The third-order valence-electron chi connectivity index (χ3n) is 3.79. The minimum Gasteiger partial charge on any atom is -0.497 e. The molecule has 132 valence electrons. The van der Waals surface area contributed by atoms with Crippen molar-refractivity contribution in [1.29, 1.82) is 0 Å². The number of anilines is 1. The summed E-state index contributed by atoms with van der Waals surface area (Å²) in [5, 5.41) is 5.84. The van der Waals surface area contributed by atoms with Gasteiger partial charge < -0.3 is 21.1 Å². The molecule has 0 heterocycles. The number of aliphatic imine (C=N–C) groups is 1. The molecular weight excluding hydrogens is 316 g/mol. The molecule has 0 spiro atoms. The van der Waals surface area contributed by atoms with Crippen molar-refractivity contribution in [1.82, 2.24) is 5.32 Å². The number of benzene rings is 2. The standard InChI is InChI=1S/C19H24N4O2/c1-13-7-8-16(11-14(13)2)23-19(20)22-10-9-21-18(24)15-5-4-6-17(12-15)25-3/h4-8,11-12H,9-10H2,1-3H3,(H,21,24)(H3,20,22,23). The average Bonchev–Trinajstić information content (AvgIpc) is 2.61. The van der Waals surface area contributed by atoms with Crippen molar-refractivity contribution in [2.45, 2.75) is 13.8 Å². The highest BCUT2D eigenvalue weighted by atomic mass is 16.5. The Morgan fingerprint density at radius 2 is 1.96 bits per heavy atom. The fraction of sp³-hybridized carbons (Fsp3) is 0.263. The van der Waals surface area contributed by atoms with E-state index in [-0.39, 0.29) is 5.91 Å². The highest BCUT2D eigenvalue weighted by molar-refractivity contribution is 5.94. The van der Waals surface area contributed by atoms with E-state index in [0.717, 1.165) is 5.69 Å². The Labute approximate surface area is 148 Å². The first kappa shape index (κ1) is 18.3. The Hall–Kier alpha value is -3.02. The number of amides is 1. The number of methoxy groups -OCH3 is 1. The Morgan fingerprint density at radius 3 is 2.68 bits per heavy atom. The smallest absolute Gasteiger partial charge is 0.251 e.